The summed E-state index contributed by atoms with van der Waals surface area (Å²) < 4.78 is 37.1. The standard InChI is InChI=1S/C18H14F3NO2S/c1-2-6-12(9-10-18(19,20)21)11-14-22-15(16(25-14)17(23)24)13-7-4-3-5-8-13/h2-10H,1,11H2,(H,23,24)/b10-9+,12-6+. The summed E-state index contributed by atoms with van der Waals surface area (Å²) >= 11 is 0.949. The zero-order valence-electron chi connectivity index (χ0n) is 13.0. The number of allylic oxidation sites excluding steroid dienone is 5. The van der Waals surface area contributed by atoms with Crippen LogP contribution in [0.3, 0.4) is 0 Å². The van der Waals surface area contributed by atoms with E-state index in [9.17, 15) is 23.1 Å². The number of halogens is 3. The molecule has 130 valence electrons. The van der Waals surface area contributed by atoms with Gasteiger partial charge >= 0.3 is 12.1 Å². The second-order valence-corrected chi connectivity index (χ2v) is 6.07. The molecule has 7 heteroatoms. The van der Waals surface area contributed by atoms with Crippen LogP contribution < -0.4 is 0 Å². The fraction of sp³-hybridized carbons (Fsp3) is 0.111. The van der Waals surface area contributed by atoms with Crippen molar-refractivity contribution in [3.63, 3.8) is 0 Å². The maximum Gasteiger partial charge on any atom is 0.409 e. The number of carboxylic acids is 1. The van der Waals surface area contributed by atoms with Crippen molar-refractivity contribution in [3.05, 3.63) is 76.7 Å². The minimum atomic E-state index is -4.43. The van der Waals surface area contributed by atoms with Gasteiger partial charge in [-0.25, -0.2) is 9.78 Å². The Bertz CT molecular complexity index is 821. The van der Waals surface area contributed by atoms with Gasteiger partial charge in [0.1, 0.15) is 4.88 Å². The zero-order valence-corrected chi connectivity index (χ0v) is 13.8. The highest BCUT2D eigenvalue weighted by molar-refractivity contribution is 7.14. The molecule has 0 fully saturated rings. The number of carbonyl (C=O) groups is 1. The number of hydrogen-bond donors (Lipinski definition) is 1. The number of alkyl halides is 3. The molecule has 0 aliphatic rings. The van der Waals surface area contributed by atoms with E-state index in [1.807, 2.05) is 0 Å². The third-order valence-electron chi connectivity index (χ3n) is 3.09. The first-order valence-electron chi connectivity index (χ1n) is 7.16. The van der Waals surface area contributed by atoms with Crippen LogP contribution in [0.5, 0.6) is 0 Å². The van der Waals surface area contributed by atoms with Crippen LogP contribution in [0.4, 0.5) is 13.2 Å². The van der Waals surface area contributed by atoms with E-state index in [-0.39, 0.29) is 17.4 Å². The molecule has 1 aromatic carbocycles. The molecule has 0 atom stereocenters. The maximum atomic E-state index is 12.4. The summed E-state index contributed by atoms with van der Waals surface area (Å²) in [7, 11) is 0. The van der Waals surface area contributed by atoms with Crippen molar-refractivity contribution in [2.75, 3.05) is 0 Å². The molecule has 0 saturated carbocycles. The minimum absolute atomic E-state index is 0.0546. The summed E-state index contributed by atoms with van der Waals surface area (Å²) in [6.07, 6.45) is -0.467. The van der Waals surface area contributed by atoms with E-state index in [2.05, 4.69) is 11.6 Å². The highest BCUT2D eigenvalue weighted by Crippen LogP contribution is 2.30. The predicted octanol–water partition coefficient (Wildman–Crippen LogP) is 5.28. The fourth-order valence-corrected chi connectivity index (χ4v) is 3.04. The molecular formula is C18H14F3NO2S. The molecule has 0 aliphatic carbocycles. The molecular weight excluding hydrogens is 351 g/mol. The molecule has 2 rings (SSSR count). The number of aromatic carboxylic acids is 1. The monoisotopic (exact) mass is 365 g/mol. The normalized spacial score (nSPS) is 12.5. The molecule has 25 heavy (non-hydrogen) atoms. The van der Waals surface area contributed by atoms with E-state index < -0.39 is 12.1 Å². The lowest BCUT2D eigenvalue weighted by Crippen LogP contribution is -2.01. The van der Waals surface area contributed by atoms with Crippen LogP contribution in [0.25, 0.3) is 11.3 Å². The summed E-state index contributed by atoms with van der Waals surface area (Å²) in [6.45, 7) is 3.48. The van der Waals surface area contributed by atoms with Gasteiger partial charge in [0.15, 0.2) is 0 Å². The SMILES string of the molecule is C=C/C=C(\C=C\C(F)(F)F)Cc1nc(-c2ccccc2)c(C(=O)O)s1. The van der Waals surface area contributed by atoms with Crippen LogP contribution in [0, 0.1) is 0 Å². The number of nitrogens with zero attached hydrogens (tertiary/aromatic N) is 1. The number of rotatable bonds is 6. The summed E-state index contributed by atoms with van der Waals surface area (Å²) in [4.78, 5) is 15.8. The zero-order chi connectivity index (χ0) is 18.4. The molecule has 2 aromatic rings. The lowest BCUT2D eigenvalue weighted by Gasteiger charge is -2.01. The van der Waals surface area contributed by atoms with Gasteiger partial charge < -0.3 is 5.11 Å². The number of benzene rings is 1. The van der Waals surface area contributed by atoms with Crippen molar-refractivity contribution >= 4 is 17.3 Å². The Hall–Kier alpha value is -2.67. The molecule has 0 aliphatic heterocycles. The maximum absolute atomic E-state index is 12.4. The van der Waals surface area contributed by atoms with Gasteiger partial charge in [0.05, 0.1) is 10.7 Å². The average molecular weight is 365 g/mol. The summed E-state index contributed by atoms with van der Waals surface area (Å²) in [6, 6.07) is 8.78. The molecule has 0 radical (unpaired) electrons. The van der Waals surface area contributed by atoms with E-state index >= 15 is 0 Å². The van der Waals surface area contributed by atoms with E-state index in [0.29, 0.717) is 21.8 Å². The number of aromatic nitrogens is 1. The van der Waals surface area contributed by atoms with Crippen molar-refractivity contribution in [2.45, 2.75) is 12.6 Å². The Morgan fingerprint density at radius 1 is 1.28 bits per heavy atom. The quantitative estimate of drug-likeness (QED) is 0.709. The van der Waals surface area contributed by atoms with Crippen molar-refractivity contribution < 1.29 is 23.1 Å². The van der Waals surface area contributed by atoms with Crippen LogP contribution in [0.2, 0.25) is 0 Å². The topological polar surface area (TPSA) is 50.2 Å². The van der Waals surface area contributed by atoms with Gasteiger partial charge in [-0.3, -0.25) is 0 Å². The molecule has 0 unspecified atom stereocenters. The van der Waals surface area contributed by atoms with Gasteiger partial charge in [0.2, 0.25) is 0 Å². The average Bonchev–Trinajstić information content (AvgIpc) is 2.97. The second kappa shape index (κ2) is 7.94. The van der Waals surface area contributed by atoms with Gasteiger partial charge in [-0.1, -0.05) is 55.1 Å². The van der Waals surface area contributed by atoms with Gasteiger partial charge in [-0.2, -0.15) is 13.2 Å². The van der Waals surface area contributed by atoms with E-state index in [0.717, 1.165) is 17.4 Å². The number of thiazole rings is 1. The van der Waals surface area contributed by atoms with Crippen LogP contribution in [0.1, 0.15) is 14.7 Å². The van der Waals surface area contributed by atoms with Crippen molar-refractivity contribution in [2.24, 2.45) is 0 Å². The Balaban J connectivity index is 2.36. The van der Waals surface area contributed by atoms with Crippen molar-refractivity contribution in [1.29, 1.82) is 0 Å². The van der Waals surface area contributed by atoms with Crippen LogP contribution in [-0.4, -0.2) is 22.2 Å². The fourth-order valence-electron chi connectivity index (χ4n) is 2.08. The van der Waals surface area contributed by atoms with Gasteiger partial charge in [-0.05, 0) is 5.57 Å². The first-order valence-corrected chi connectivity index (χ1v) is 7.98. The van der Waals surface area contributed by atoms with E-state index in [4.69, 9.17) is 0 Å². The van der Waals surface area contributed by atoms with Crippen molar-refractivity contribution in [1.82, 2.24) is 4.98 Å². The molecule has 1 aromatic heterocycles. The number of hydrogen-bond acceptors (Lipinski definition) is 3. The minimum Gasteiger partial charge on any atom is -0.477 e. The third-order valence-corrected chi connectivity index (χ3v) is 4.13. The lowest BCUT2D eigenvalue weighted by molar-refractivity contribution is -0.0798. The first-order chi connectivity index (χ1) is 11.8. The molecule has 1 heterocycles. The molecule has 0 spiro atoms. The Kier molecular flexibility index (Phi) is 5.93. The van der Waals surface area contributed by atoms with Gasteiger partial charge in [0.25, 0.3) is 0 Å². The molecule has 0 amide bonds. The Labute approximate surface area is 146 Å². The van der Waals surface area contributed by atoms with Crippen LogP contribution in [0.15, 0.2) is 66.8 Å². The van der Waals surface area contributed by atoms with Crippen LogP contribution in [-0.2, 0) is 6.42 Å². The highest BCUT2D eigenvalue weighted by atomic mass is 32.1. The molecule has 3 nitrogen and oxygen atoms in total. The summed E-state index contributed by atoms with van der Waals surface area (Å²) in [5, 5.41) is 9.78. The summed E-state index contributed by atoms with van der Waals surface area (Å²) in [5.41, 5.74) is 1.28. The summed E-state index contributed by atoms with van der Waals surface area (Å²) in [5.74, 6) is -1.12. The lowest BCUT2D eigenvalue weighted by atomic mass is 10.1. The Morgan fingerprint density at radius 3 is 2.52 bits per heavy atom. The van der Waals surface area contributed by atoms with Crippen LogP contribution >= 0.6 is 11.3 Å². The number of carboxylic acid groups (broad SMARTS) is 1. The second-order valence-electron chi connectivity index (χ2n) is 4.99. The van der Waals surface area contributed by atoms with Crippen molar-refractivity contribution in [3.8, 4) is 11.3 Å². The molecule has 1 N–H and O–H groups in total. The predicted molar refractivity (Wildman–Crippen MR) is 91.7 cm³/mol. The molecule has 0 saturated heterocycles. The largest absolute Gasteiger partial charge is 0.477 e. The Morgan fingerprint density at radius 2 is 1.96 bits per heavy atom. The third kappa shape index (κ3) is 5.42. The highest BCUT2D eigenvalue weighted by Gasteiger charge is 2.22. The first kappa shape index (κ1) is 18.7. The smallest absolute Gasteiger partial charge is 0.409 e. The van der Waals surface area contributed by atoms with Gasteiger partial charge in [-0.15, -0.1) is 11.3 Å². The van der Waals surface area contributed by atoms with E-state index in [1.165, 1.54) is 12.2 Å². The van der Waals surface area contributed by atoms with E-state index in [1.54, 1.807) is 30.3 Å². The molecule has 0 bridgehead atoms. The van der Waals surface area contributed by atoms with Gasteiger partial charge in [0, 0.05) is 18.1 Å².